The normalized spacial score (nSPS) is 16.1. The predicted octanol–water partition coefficient (Wildman–Crippen LogP) is 4.65. The Bertz CT molecular complexity index is 1190. The molecule has 4 rings (SSSR count). The third-order valence-corrected chi connectivity index (χ3v) is 6.62. The SMILES string of the molecule is C=CCOc1ccc(C=C2C(=N)N3N=C(SCCOc4ccccc4)SC3=NC2=O)cc1OC. The van der Waals surface area contributed by atoms with Crippen molar-refractivity contribution in [1.82, 2.24) is 5.01 Å². The van der Waals surface area contributed by atoms with Gasteiger partial charge in [0.05, 0.1) is 19.3 Å². The number of thioether (sulfide) groups is 2. The monoisotopic (exact) mass is 494 g/mol. The van der Waals surface area contributed by atoms with Crippen molar-refractivity contribution in [3.63, 3.8) is 0 Å². The van der Waals surface area contributed by atoms with Crippen LogP contribution in [0.3, 0.4) is 0 Å². The number of fused-ring (bicyclic) bond motifs is 1. The lowest BCUT2D eigenvalue weighted by atomic mass is 10.1. The number of amidine groups is 2. The van der Waals surface area contributed by atoms with Crippen molar-refractivity contribution in [1.29, 1.82) is 5.41 Å². The summed E-state index contributed by atoms with van der Waals surface area (Å²) in [5, 5.41) is 14.8. The molecule has 0 radical (unpaired) electrons. The third kappa shape index (κ3) is 5.52. The van der Waals surface area contributed by atoms with Crippen molar-refractivity contribution >= 4 is 50.9 Å². The molecule has 0 bridgehead atoms. The van der Waals surface area contributed by atoms with E-state index in [0.29, 0.717) is 45.6 Å². The number of carbonyl (C=O) groups excluding carboxylic acids is 1. The van der Waals surface area contributed by atoms with Crippen LogP contribution in [0, 0.1) is 5.41 Å². The molecule has 0 aromatic heterocycles. The Labute approximate surface area is 205 Å². The summed E-state index contributed by atoms with van der Waals surface area (Å²) in [6.07, 6.45) is 3.24. The molecule has 174 valence electrons. The molecule has 0 atom stereocenters. The Hall–Kier alpha value is -3.50. The largest absolute Gasteiger partial charge is 0.493 e. The molecule has 0 fully saturated rings. The van der Waals surface area contributed by atoms with Crippen LogP contribution in [0.1, 0.15) is 5.56 Å². The maximum Gasteiger partial charge on any atom is 0.283 e. The van der Waals surface area contributed by atoms with Gasteiger partial charge in [-0.1, -0.05) is 48.7 Å². The Morgan fingerprint density at radius 2 is 2.00 bits per heavy atom. The minimum atomic E-state index is -0.483. The number of hydrazone groups is 1. The first-order chi connectivity index (χ1) is 16.6. The standard InChI is InChI=1S/C24H22N4O4S2/c1-3-11-32-19-10-9-16(15-20(19)30-2)14-18-21(25)28-23(26-22(18)29)34-24(27-28)33-13-12-31-17-7-5-4-6-8-17/h3-10,14-15,25H,1,11-13H2,2H3. The van der Waals surface area contributed by atoms with Gasteiger partial charge in [0.25, 0.3) is 5.91 Å². The van der Waals surface area contributed by atoms with E-state index >= 15 is 0 Å². The van der Waals surface area contributed by atoms with Crippen LogP contribution < -0.4 is 14.2 Å². The molecular formula is C24H22N4O4S2. The van der Waals surface area contributed by atoms with Gasteiger partial charge in [0, 0.05) is 5.75 Å². The summed E-state index contributed by atoms with van der Waals surface area (Å²) in [5.41, 5.74) is 0.826. The number of hydrogen-bond acceptors (Lipinski definition) is 8. The molecule has 0 spiro atoms. The minimum absolute atomic E-state index is 0.0235. The predicted molar refractivity (Wildman–Crippen MR) is 138 cm³/mol. The van der Waals surface area contributed by atoms with Crippen LogP contribution in [0.2, 0.25) is 0 Å². The van der Waals surface area contributed by atoms with Gasteiger partial charge in [0.15, 0.2) is 21.7 Å². The first kappa shape index (κ1) is 23.7. The zero-order chi connectivity index (χ0) is 23.9. The van der Waals surface area contributed by atoms with E-state index in [-0.39, 0.29) is 11.4 Å². The second-order valence-corrected chi connectivity index (χ2v) is 9.20. The van der Waals surface area contributed by atoms with Crippen molar-refractivity contribution in [2.75, 3.05) is 26.1 Å². The van der Waals surface area contributed by atoms with Crippen LogP contribution in [-0.4, -0.2) is 52.4 Å². The number of amides is 1. The highest BCUT2D eigenvalue weighted by molar-refractivity contribution is 8.45. The molecule has 0 unspecified atom stereocenters. The molecule has 1 amide bonds. The van der Waals surface area contributed by atoms with E-state index in [9.17, 15) is 4.79 Å². The van der Waals surface area contributed by atoms with E-state index < -0.39 is 5.91 Å². The summed E-state index contributed by atoms with van der Waals surface area (Å²) in [6, 6.07) is 14.8. The molecular weight excluding hydrogens is 472 g/mol. The van der Waals surface area contributed by atoms with Gasteiger partial charge in [0.2, 0.25) is 5.17 Å². The summed E-state index contributed by atoms with van der Waals surface area (Å²) < 4.78 is 17.3. The summed E-state index contributed by atoms with van der Waals surface area (Å²) in [4.78, 5) is 16.8. The molecule has 2 aromatic carbocycles. The zero-order valence-electron chi connectivity index (χ0n) is 18.4. The van der Waals surface area contributed by atoms with Crippen molar-refractivity contribution in [2.24, 2.45) is 10.1 Å². The third-order valence-electron chi connectivity index (χ3n) is 4.61. The van der Waals surface area contributed by atoms with Gasteiger partial charge in [0.1, 0.15) is 12.4 Å². The van der Waals surface area contributed by atoms with Gasteiger partial charge in [-0.3, -0.25) is 10.2 Å². The molecule has 2 aromatic rings. The van der Waals surface area contributed by atoms with E-state index in [0.717, 1.165) is 5.75 Å². The number of nitrogens with zero attached hydrogens (tertiary/aromatic N) is 3. The Morgan fingerprint density at radius 1 is 1.18 bits per heavy atom. The Morgan fingerprint density at radius 3 is 2.76 bits per heavy atom. The molecule has 2 aliphatic heterocycles. The molecule has 2 aliphatic rings. The first-order valence-electron chi connectivity index (χ1n) is 10.3. The van der Waals surface area contributed by atoms with Gasteiger partial charge in [-0.05, 0) is 47.7 Å². The molecule has 0 aliphatic carbocycles. The van der Waals surface area contributed by atoms with Crippen LogP contribution in [0.15, 0.2) is 76.9 Å². The number of nitrogens with one attached hydrogen (secondary N) is 1. The van der Waals surface area contributed by atoms with Crippen molar-refractivity contribution in [3.8, 4) is 17.2 Å². The number of rotatable bonds is 9. The fourth-order valence-corrected chi connectivity index (χ4v) is 4.86. The smallest absolute Gasteiger partial charge is 0.283 e. The average Bonchev–Trinajstić information content (AvgIpc) is 3.27. The van der Waals surface area contributed by atoms with E-state index in [1.165, 1.54) is 35.6 Å². The summed E-state index contributed by atoms with van der Waals surface area (Å²) in [7, 11) is 1.54. The van der Waals surface area contributed by atoms with E-state index in [2.05, 4.69) is 16.7 Å². The van der Waals surface area contributed by atoms with Crippen LogP contribution in [0.25, 0.3) is 6.08 Å². The maximum atomic E-state index is 12.7. The maximum absolute atomic E-state index is 12.7. The number of aliphatic imine (C=N–C) groups is 1. The zero-order valence-corrected chi connectivity index (χ0v) is 20.0. The molecule has 0 saturated heterocycles. The van der Waals surface area contributed by atoms with E-state index in [1.54, 1.807) is 30.4 Å². The fourth-order valence-electron chi connectivity index (χ4n) is 3.05. The van der Waals surface area contributed by atoms with Gasteiger partial charge in [-0.2, -0.15) is 10.0 Å². The summed E-state index contributed by atoms with van der Waals surface area (Å²) >= 11 is 2.76. The highest BCUT2D eigenvalue weighted by Gasteiger charge is 2.35. The quantitative estimate of drug-likeness (QED) is 0.308. The second-order valence-electron chi connectivity index (χ2n) is 6.91. The average molecular weight is 495 g/mol. The van der Waals surface area contributed by atoms with Crippen molar-refractivity contribution < 1.29 is 19.0 Å². The molecule has 1 N–H and O–H groups in total. The number of para-hydroxylation sites is 1. The second kappa shape index (κ2) is 11.1. The van der Waals surface area contributed by atoms with Crippen LogP contribution >= 0.6 is 23.5 Å². The number of carbonyl (C=O) groups is 1. The molecule has 10 heteroatoms. The van der Waals surface area contributed by atoms with Crippen molar-refractivity contribution in [3.05, 3.63) is 72.3 Å². The van der Waals surface area contributed by atoms with E-state index in [4.69, 9.17) is 19.6 Å². The highest BCUT2D eigenvalue weighted by atomic mass is 32.2. The molecule has 8 nitrogen and oxygen atoms in total. The lowest BCUT2D eigenvalue weighted by Crippen LogP contribution is -2.35. The fraction of sp³-hybridized carbons (Fsp3) is 0.167. The molecule has 2 heterocycles. The molecule has 0 saturated carbocycles. The van der Waals surface area contributed by atoms with Gasteiger partial charge in [-0.15, -0.1) is 5.10 Å². The topological polar surface area (TPSA) is 96.6 Å². The van der Waals surface area contributed by atoms with Crippen molar-refractivity contribution in [2.45, 2.75) is 0 Å². The number of ether oxygens (including phenoxy) is 3. The van der Waals surface area contributed by atoms with Crippen LogP contribution in [0.4, 0.5) is 0 Å². The van der Waals surface area contributed by atoms with Gasteiger partial charge in [-0.25, -0.2) is 0 Å². The van der Waals surface area contributed by atoms with Gasteiger partial charge < -0.3 is 14.2 Å². The number of benzene rings is 2. The minimum Gasteiger partial charge on any atom is -0.493 e. The summed E-state index contributed by atoms with van der Waals surface area (Å²) in [6.45, 7) is 4.49. The Balaban J connectivity index is 1.43. The van der Waals surface area contributed by atoms with Crippen LogP contribution in [-0.2, 0) is 4.79 Å². The highest BCUT2D eigenvalue weighted by Crippen LogP contribution is 2.33. The molecule has 34 heavy (non-hydrogen) atoms. The Kier molecular flexibility index (Phi) is 7.71. The van der Waals surface area contributed by atoms with E-state index in [1.807, 2.05) is 30.3 Å². The number of hydrogen-bond donors (Lipinski definition) is 1. The summed E-state index contributed by atoms with van der Waals surface area (Å²) in [5.74, 6) is 2.05. The van der Waals surface area contributed by atoms with Gasteiger partial charge >= 0.3 is 0 Å². The number of methoxy groups -OCH3 is 1. The van der Waals surface area contributed by atoms with Crippen LogP contribution in [0.5, 0.6) is 17.2 Å². The lowest BCUT2D eigenvalue weighted by molar-refractivity contribution is -0.114. The first-order valence-corrected chi connectivity index (χ1v) is 12.1. The lowest BCUT2D eigenvalue weighted by Gasteiger charge is -2.20.